The van der Waals surface area contributed by atoms with Crippen LogP contribution in [0.4, 0.5) is 15.3 Å². The number of piperidine rings is 1. The van der Waals surface area contributed by atoms with Crippen molar-refractivity contribution in [3.8, 4) is 22.5 Å². The Morgan fingerprint density at radius 1 is 0.846 bits per heavy atom. The zero-order valence-corrected chi connectivity index (χ0v) is 39.7. The van der Waals surface area contributed by atoms with Crippen molar-refractivity contribution in [1.29, 1.82) is 0 Å². The molecule has 1 aliphatic heterocycles. The molecule has 1 aromatic heterocycles. The Balaban J connectivity index is 1.12. The van der Waals surface area contributed by atoms with Crippen LogP contribution in [0.5, 0.6) is 0 Å². The number of halogens is 1. The molecule has 2 heterocycles. The molecular weight excluding hydrogens is 872 g/mol. The summed E-state index contributed by atoms with van der Waals surface area (Å²) in [4.78, 5) is 57.3. The summed E-state index contributed by atoms with van der Waals surface area (Å²) < 4.78 is 40.8. The van der Waals surface area contributed by atoms with Crippen LogP contribution in [0.2, 0.25) is 5.28 Å². The molecule has 350 valence electrons. The maximum Gasteiger partial charge on any atom is 0.410 e. The minimum Gasteiger partial charge on any atom is -0.444 e. The fourth-order valence-corrected chi connectivity index (χ4v) is 9.52. The van der Waals surface area contributed by atoms with E-state index in [0.29, 0.717) is 56.8 Å². The first-order chi connectivity index (χ1) is 30.6. The van der Waals surface area contributed by atoms with E-state index in [9.17, 15) is 27.6 Å². The minimum absolute atomic E-state index is 0.134. The van der Waals surface area contributed by atoms with E-state index in [1.54, 1.807) is 47.4 Å². The number of H-pyrrole nitrogens is 1. The van der Waals surface area contributed by atoms with Gasteiger partial charge in [0.25, 0.3) is 0 Å². The summed E-state index contributed by atoms with van der Waals surface area (Å²) in [6.45, 7) is 13.9. The molecule has 0 bridgehead atoms. The number of anilines is 1. The summed E-state index contributed by atoms with van der Waals surface area (Å²) >= 11 is 5.91. The van der Waals surface area contributed by atoms with Crippen molar-refractivity contribution < 1.29 is 37.1 Å². The molecule has 16 nitrogen and oxygen atoms in total. The number of likely N-dealkylation sites (tertiary alicyclic amines) is 1. The summed E-state index contributed by atoms with van der Waals surface area (Å²) in [6.07, 6.45) is 2.92. The van der Waals surface area contributed by atoms with Crippen LogP contribution in [0.1, 0.15) is 91.2 Å². The molecule has 6 rings (SSSR count). The molecule has 4 aromatic rings. The van der Waals surface area contributed by atoms with E-state index in [2.05, 4.69) is 35.9 Å². The van der Waals surface area contributed by atoms with Gasteiger partial charge in [-0.2, -0.15) is 0 Å². The largest absolute Gasteiger partial charge is 0.444 e. The molecule has 0 unspecified atom stereocenters. The van der Waals surface area contributed by atoms with Gasteiger partial charge in [-0.05, 0) is 163 Å². The Bertz CT molecular complexity index is 2430. The highest BCUT2D eigenvalue weighted by atomic mass is 35.5. The summed E-state index contributed by atoms with van der Waals surface area (Å²) in [5, 5.41) is 16.8. The highest BCUT2D eigenvalue weighted by Crippen LogP contribution is 2.31. The number of hydrogen-bond donors (Lipinski definition) is 5. The number of nitrogens with one attached hydrogen (secondary N) is 5. The van der Waals surface area contributed by atoms with Gasteiger partial charge >= 0.3 is 12.2 Å². The molecule has 1 atom stereocenters. The lowest BCUT2D eigenvalue weighted by molar-refractivity contribution is -0.130. The molecule has 0 spiro atoms. The summed E-state index contributed by atoms with van der Waals surface area (Å²) in [5.74, 6) is -0.242. The summed E-state index contributed by atoms with van der Waals surface area (Å²) in [7, 11) is -3.86. The number of carbonyl (C=O) groups excluding carboxylic acids is 4. The highest BCUT2D eigenvalue weighted by molar-refractivity contribution is 7.89. The SMILES string of the molecule is Cc1cc(S(=O)(=O)NC2CCN(C(=O)OC(C)(C)C)CC2)ccc1-c1cccc(C[C@H](NC(=O)[C@H]2CC[C@H](CNC(=O)OC(C)(C)C)CC2)C(=O)Nc2ccc(-c3nnc(Cl)[nH]3)cc2)c1. The van der Waals surface area contributed by atoms with Crippen molar-refractivity contribution in [3.05, 3.63) is 83.1 Å². The van der Waals surface area contributed by atoms with Gasteiger partial charge in [-0.1, -0.05) is 30.3 Å². The van der Waals surface area contributed by atoms with E-state index < -0.39 is 45.4 Å². The second-order valence-electron chi connectivity index (χ2n) is 18.9. The fraction of sp³-hybridized carbons (Fsp3) is 0.489. The number of rotatable bonds is 13. The van der Waals surface area contributed by atoms with Crippen LogP contribution in [0, 0.1) is 18.8 Å². The van der Waals surface area contributed by atoms with E-state index in [0.717, 1.165) is 40.7 Å². The Morgan fingerprint density at radius 3 is 2.14 bits per heavy atom. The Hall–Kier alpha value is -5.52. The second kappa shape index (κ2) is 20.8. The number of aryl methyl sites for hydroxylation is 1. The number of aromatic amines is 1. The molecule has 1 aliphatic carbocycles. The molecule has 3 aromatic carbocycles. The van der Waals surface area contributed by atoms with Gasteiger partial charge in [0.2, 0.25) is 27.1 Å². The van der Waals surface area contributed by atoms with Gasteiger partial charge in [0.05, 0.1) is 4.90 Å². The number of sulfonamides is 1. The van der Waals surface area contributed by atoms with E-state index in [-0.39, 0.29) is 40.4 Å². The number of aromatic nitrogens is 3. The molecule has 1 saturated carbocycles. The van der Waals surface area contributed by atoms with Gasteiger partial charge in [0.15, 0.2) is 5.82 Å². The van der Waals surface area contributed by atoms with Crippen LogP contribution in [-0.2, 0) is 35.5 Å². The zero-order chi connectivity index (χ0) is 47.1. The maximum absolute atomic E-state index is 14.1. The van der Waals surface area contributed by atoms with Crippen LogP contribution in [0.25, 0.3) is 22.5 Å². The average molecular weight is 934 g/mol. The zero-order valence-electron chi connectivity index (χ0n) is 38.1. The Labute approximate surface area is 386 Å². The lowest BCUT2D eigenvalue weighted by Gasteiger charge is -2.33. The molecule has 2 aliphatic rings. The van der Waals surface area contributed by atoms with E-state index in [1.807, 2.05) is 72.7 Å². The quantitative estimate of drug-likeness (QED) is 0.0878. The summed E-state index contributed by atoms with van der Waals surface area (Å²) in [5.41, 5.74) is 3.17. The summed E-state index contributed by atoms with van der Waals surface area (Å²) in [6, 6.07) is 18.4. The smallest absolute Gasteiger partial charge is 0.410 e. The van der Waals surface area contributed by atoms with Crippen molar-refractivity contribution in [2.75, 3.05) is 25.0 Å². The first-order valence-corrected chi connectivity index (χ1v) is 23.9. The standard InChI is InChI=1S/C47H61ClN8O8S/c1-29-25-37(65(61,62)55-36-21-23-56(24-22-36)45(60)64-47(5,6)7)19-20-38(29)34-10-8-9-31(26-34)27-39(42(58)50-35-17-15-32(16-18-35)40-52-43(48)54-53-40)51-41(57)33-13-11-30(12-14-33)28-49-44(59)63-46(2,3)4/h8-10,15-20,25-26,30,33,36,39,55H,11-14,21-24,27-28H2,1-7H3,(H,49,59)(H,50,58)(H,51,57)(H,52,53,54)/t30-,33-,39-/m0/s1. The third-order valence-electron chi connectivity index (χ3n) is 11.3. The number of amides is 4. The lowest BCUT2D eigenvalue weighted by Crippen LogP contribution is -2.48. The van der Waals surface area contributed by atoms with Crippen LogP contribution in [-0.4, -0.2) is 95.4 Å². The number of alkyl carbamates (subject to hydrolysis) is 1. The van der Waals surface area contributed by atoms with E-state index >= 15 is 0 Å². The number of hydrogen-bond acceptors (Lipinski definition) is 10. The molecular formula is C47H61ClN8O8S. The van der Waals surface area contributed by atoms with Crippen LogP contribution < -0.4 is 20.7 Å². The van der Waals surface area contributed by atoms with Crippen molar-refractivity contribution in [2.45, 2.75) is 122 Å². The van der Waals surface area contributed by atoms with Crippen LogP contribution >= 0.6 is 11.6 Å². The van der Waals surface area contributed by atoms with Crippen molar-refractivity contribution in [2.24, 2.45) is 11.8 Å². The molecule has 2 fully saturated rings. The first kappa shape index (κ1) is 48.9. The first-order valence-electron chi connectivity index (χ1n) is 22.1. The van der Waals surface area contributed by atoms with E-state index in [1.165, 1.54) is 0 Å². The molecule has 18 heteroatoms. The number of benzene rings is 3. The molecule has 0 radical (unpaired) electrons. The molecule has 5 N–H and O–H groups in total. The third kappa shape index (κ3) is 14.2. The number of nitrogens with zero attached hydrogens (tertiary/aromatic N) is 3. The van der Waals surface area contributed by atoms with Gasteiger partial charge in [-0.25, -0.2) is 22.7 Å². The van der Waals surface area contributed by atoms with Gasteiger partial charge in [-0.3, -0.25) is 9.59 Å². The molecule has 65 heavy (non-hydrogen) atoms. The monoisotopic (exact) mass is 932 g/mol. The van der Waals surface area contributed by atoms with Crippen LogP contribution in [0.15, 0.2) is 71.6 Å². The molecule has 1 saturated heterocycles. The fourth-order valence-electron chi connectivity index (χ4n) is 8.00. The number of carbonyl (C=O) groups is 4. The average Bonchev–Trinajstić information content (AvgIpc) is 3.68. The van der Waals surface area contributed by atoms with E-state index in [4.69, 9.17) is 21.1 Å². The Morgan fingerprint density at radius 2 is 1.52 bits per heavy atom. The predicted molar refractivity (Wildman–Crippen MR) is 249 cm³/mol. The van der Waals surface area contributed by atoms with Crippen molar-refractivity contribution >= 4 is 51.3 Å². The Kier molecular flexibility index (Phi) is 15.6. The third-order valence-corrected chi connectivity index (χ3v) is 13.0. The number of ether oxygens (including phenoxy) is 2. The normalized spacial score (nSPS) is 17.8. The minimum atomic E-state index is -3.86. The van der Waals surface area contributed by atoms with Gasteiger partial charge in [0, 0.05) is 49.3 Å². The van der Waals surface area contributed by atoms with Crippen LogP contribution in [0.3, 0.4) is 0 Å². The highest BCUT2D eigenvalue weighted by Gasteiger charge is 2.32. The lowest BCUT2D eigenvalue weighted by atomic mass is 9.81. The second-order valence-corrected chi connectivity index (χ2v) is 21.0. The maximum atomic E-state index is 14.1. The molecule has 4 amide bonds. The van der Waals surface area contributed by atoms with Gasteiger partial charge in [0.1, 0.15) is 17.2 Å². The predicted octanol–water partition coefficient (Wildman–Crippen LogP) is 7.78. The van der Waals surface area contributed by atoms with Gasteiger partial charge < -0.3 is 35.3 Å². The van der Waals surface area contributed by atoms with Crippen molar-refractivity contribution in [3.63, 3.8) is 0 Å². The topological polar surface area (TPSA) is 214 Å². The van der Waals surface area contributed by atoms with Gasteiger partial charge in [-0.15, -0.1) is 10.2 Å². The van der Waals surface area contributed by atoms with Crippen molar-refractivity contribution in [1.82, 2.24) is 35.4 Å².